The summed E-state index contributed by atoms with van der Waals surface area (Å²) < 4.78 is 0. The quantitative estimate of drug-likeness (QED) is 0.492. The van der Waals surface area contributed by atoms with Crippen molar-refractivity contribution in [3.8, 4) is 0 Å². The molecule has 0 fully saturated rings. The van der Waals surface area contributed by atoms with Crippen LogP contribution in [0.15, 0.2) is 23.8 Å². The maximum absolute atomic E-state index is 10.4. The predicted octanol–water partition coefficient (Wildman–Crippen LogP) is -1.66. The average Bonchev–Trinajstić information content (AvgIpc) is 2.00. The molecule has 2 atom stereocenters. The second-order valence-corrected chi connectivity index (χ2v) is 2.79. The Hall–Kier alpha value is -1.13. The normalized spacial score (nSPS) is 34.6. The molecule has 1 rings (SSSR count). The van der Waals surface area contributed by atoms with Crippen LogP contribution in [0.5, 0.6) is 0 Å². The first-order chi connectivity index (χ1) is 5.48. The molecule has 0 heterocycles. The van der Waals surface area contributed by atoms with Crippen LogP contribution in [0.2, 0.25) is 0 Å². The molecule has 1 aliphatic rings. The average molecular weight is 169 g/mol. The summed E-state index contributed by atoms with van der Waals surface area (Å²) in [6.45, 7) is 1.53. The molecule has 2 N–H and O–H groups in total. The topological polar surface area (TPSA) is 80.6 Å². The summed E-state index contributed by atoms with van der Waals surface area (Å²) in [5.74, 6) is -1.70. The van der Waals surface area contributed by atoms with E-state index in [0.717, 1.165) is 6.08 Å². The Morgan fingerprint density at radius 1 is 1.75 bits per heavy atom. The van der Waals surface area contributed by atoms with Crippen molar-refractivity contribution in [3.63, 3.8) is 0 Å². The summed E-state index contributed by atoms with van der Waals surface area (Å²) in [4.78, 5) is 10.4. The number of carbonyl (C=O) groups excluding carboxylic acids is 1. The Bertz CT molecular complexity index is 266. The lowest BCUT2D eigenvalue weighted by atomic mass is 9.87. The zero-order valence-corrected chi connectivity index (χ0v) is 6.52. The van der Waals surface area contributed by atoms with E-state index in [9.17, 15) is 20.1 Å². The van der Waals surface area contributed by atoms with E-state index in [2.05, 4.69) is 0 Å². The third kappa shape index (κ3) is 1.15. The second-order valence-electron chi connectivity index (χ2n) is 2.79. The fourth-order valence-corrected chi connectivity index (χ4v) is 1.06. The van der Waals surface area contributed by atoms with Crippen molar-refractivity contribution in [2.75, 3.05) is 0 Å². The summed E-state index contributed by atoms with van der Waals surface area (Å²) in [7, 11) is 0. The summed E-state index contributed by atoms with van der Waals surface area (Å²) in [6.07, 6.45) is 2.48. The minimum absolute atomic E-state index is 0.393. The molecule has 0 spiro atoms. The smallest absolute Gasteiger partial charge is 0.152 e. The molecule has 66 valence electrons. The number of carboxylic acids is 1. The maximum Gasteiger partial charge on any atom is 0.152 e. The number of allylic oxidation sites excluding steroid dienone is 2. The fourth-order valence-electron chi connectivity index (χ4n) is 1.06. The Morgan fingerprint density at radius 3 is 2.75 bits per heavy atom. The molecule has 0 bridgehead atoms. The zero-order valence-electron chi connectivity index (χ0n) is 6.52. The third-order valence-corrected chi connectivity index (χ3v) is 1.88. The number of aliphatic hydroxyl groups is 2. The van der Waals surface area contributed by atoms with E-state index in [0.29, 0.717) is 5.57 Å². The van der Waals surface area contributed by atoms with Crippen LogP contribution in [0.1, 0.15) is 6.92 Å². The second kappa shape index (κ2) is 2.73. The van der Waals surface area contributed by atoms with Gasteiger partial charge in [-0.1, -0.05) is 12.2 Å². The molecule has 4 heteroatoms. The fraction of sp³-hybridized carbons (Fsp3) is 0.375. The lowest BCUT2D eigenvalue weighted by molar-refractivity contribution is -0.325. The van der Waals surface area contributed by atoms with E-state index in [4.69, 9.17) is 0 Å². The van der Waals surface area contributed by atoms with Gasteiger partial charge in [0.25, 0.3) is 0 Å². The number of aliphatic carboxylic acids is 1. The first kappa shape index (κ1) is 8.96. The SMILES string of the molecule is CC1=CC=CC(O)(C(=O)[O-])C1O. The Kier molecular flexibility index (Phi) is 2.04. The van der Waals surface area contributed by atoms with Crippen molar-refractivity contribution in [3.05, 3.63) is 23.8 Å². The lowest BCUT2D eigenvalue weighted by Gasteiger charge is -2.33. The van der Waals surface area contributed by atoms with Crippen LogP contribution in [-0.2, 0) is 4.79 Å². The minimum Gasteiger partial charge on any atom is -0.547 e. The first-order valence-corrected chi connectivity index (χ1v) is 3.46. The van der Waals surface area contributed by atoms with Crippen LogP contribution in [-0.4, -0.2) is 27.9 Å². The molecule has 0 saturated heterocycles. The number of aliphatic hydroxyl groups excluding tert-OH is 1. The van der Waals surface area contributed by atoms with Gasteiger partial charge in [0.1, 0.15) is 6.10 Å². The van der Waals surface area contributed by atoms with Gasteiger partial charge in [-0.15, -0.1) is 0 Å². The predicted molar refractivity (Wildman–Crippen MR) is 38.9 cm³/mol. The molecule has 1 aliphatic carbocycles. The number of hydrogen-bond donors (Lipinski definition) is 2. The highest BCUT2D eigenvalue weighted by Gasteiger charge is 2.36. The third-order valence-electron chi connectivity index (χ3n) is 1.88. The van der Waals surface area contributed by atoms with Gasteiger partial charge in [0, 0.05) is 0 Å². The van der Waals surface area contributed by atoms with Crippen LogP contribution in [0.3, 0.4) is 0 Å². The van der Waals surface area contributed by atoms with Crippen molar-refractivity contribution < 1.29 is 20.1 Å². The van der Waals surface area contributed by atoms with Crippen LogP contribution in [0.4, 0.5) is 0 Å². The lowest BCUT2D eigenvalue weighted by Crippen LogP contribution is -2.56. The van der Waals surface area contributed by atoms with Gasteiger partial charge in [0.2, 0.25) is 0 Å². The highest BCUT2D eigenvalue weighted by atomic mass is 16.4. The van der Waals surface area contributed by atoms with Crippen molar-refractivity contribution >= 4 is 5.97 Å². The number of carboxylic acid groups (broad SMARTS) is 1. The molecule has 0 radical (unpaired) electrons. The molecule has 2 unspecified atom stereocenters. The van der Waals surface area contributed by atoms with Crippen molar-refractivity contribution in [1.29, 1.82) is 0 Å². The molecule has 0 aliphatic heterocycles. The molecule has 0 aromatic heterocycles. The molecular formula is C8H9O4-. The van der Waals surface area contributed by atoms with Crippen molar-refractivity contribution in [2.24, 2.45) is 0 Å². The van der Waals surface area contributed by atoms with Gasteiger partial charge in [-0.3, -0.25) is 0 Å². The van der Waals surface area contributed by atoms with Crippen LogP contribution < -0.4 is 5.11 Å². The van der Waals surface area contributed by atoms with Gasteiger partial charge in [0.15, 0.2) is 5.60 Å². The summed E-state index contributed by atoms with van der Waals surface area (Å²) in [6, 6.07) is 0. The van der Waals surface area contributed by atoms with Crippen LogP contribution in [0.25, 0.3) is 0 Å². The molecular weight excluding hydrogens is 160 g/mol. The molecule has 0 saturated carbocycles. The van der Waals surface area contributed by atoms with Gasteiger partial charge in [0.05, 0.1) is 5.97 Å². The van der Waals surface area contributed by atoms with Crippen molar-refractivity contribution in [1.82, 2.24) is 0 Å². The van der Waals surface area contributed by atoms with Gasteiger partial charge >= 0.3 is 0 Å². The number of hydrogen-bond acceptors (Lipinski definition) is 4. The van der Waals surface area contributed by atoms with E-state index in [1.807, 2.05) is 0 Å². The van der Waals surface area contributed by atoms with E-state index in [-0.39, 0.29) is 0 Å². The highest BCUT2D eigenvalue weighted by Crippen LogP contribution is 2.22. The zero-order chi connectivity index (χ0) is 9.35. The standard InChI is InChI=1S/C8H10O4/c1-5-3-2-4-8(12,6(5)9)7(10)11/h2-4,6,9,12H,1H3,(H,10,11)/p-1. The van der Waals surface area contributed by atoms with E-state index < -0.39 is 17.7 Å². The van der Waals surface area contributed by atoms with Crippen LogP contribution >= 0.6 is 0 Å². The van der Waals surface area contributed by atoms with Crippen LogP contribution in [0, 0.1) is 0 Å². The monoisotopic (exact) mass is 169 g/mol. The summed E-state index contributed by atoms with van der Waals surface area (Å²) >= 11 is 0. The van der Waals surface area contributed by atoms with Gasteiger partial charge < -0.3 is 20.1 Å². The number of carbonyl (C=O) groups is 1. The largest absolute Gasteiger partial charge is 0.547 e. The molecule has 0 aromatic carbocycles. The molecule has 0 amide bonds. The Labute approximate surface area is 69.5 Å². The van der Waals surface area contributed by atoms with E-state index >= 15 is 0 Å². The Balaban J connectivity index is 3.03. The van der Waals surface area contributed by atoms with Crippen molar-refractivity contribution in [2.45, 2.75) is 18.6 Å². The molecule has 4 nitrogen and oxygen atoms in total. The number of rotatable bonds is 1. The highest BCUT2D eigenvalue weighted by molar-refractivity contribution is 5.80. The maximum atomic E-state index is 10.4. The Morgan fingerprint density at radius 2 is 2.33 bits per heavy atom. The van der Waals surface area contributed by atoms with E-state index in [1.54, 1.807) is 0 Å². The summed E-state index contributed by atoms with van der Waals surface area (Å²) in [5.41, 5.74) is -1.89. The van der Waals surface area contributed by atoms with Gasteiger partial charge in [-0.2, -0.15) is 0 Å². The molecule has 0 aromatic rings. The molecule has 12 heavy (non-hydrogen) atoms. The van der Waals surface area contributed by atoms with Gasteiger partial charge in [-0.25, -0.2) is 0 Å². The summed E-state index contributed by atoms with van der Waals surface area (Å²) in [5, 5.41) is 29.1. The minimum atomic E-state index is -2.28. The van der Waals surface area contributed by atoms with E-state index in [1.165, 1.54) is 19.1 Å². The van der Waals surface area contributed by atoms with Gasteiger partial charge in [-0.05, 0) is 18.6 Å². The first-order valence-electron chi connectivity index (χ1n) is 3.46.